The number of hydrogen-bond donors (Lipinski definition) is 2. The van der Waals surface area contributed by atoms with Crippen LogP contribution in [-0.2, 0) is 4.79 Å². The molecule has 0 radical (unpaired) electrons. The molecule has 0 bridgehead atoms. The maximum absolute atomic E-state index is 12.1. The fraction of sp³-hybridized carbons (Fsp3) is 0.577. The Balaban J connectivity index is 1.42. The Hall–Kier alpha value is -2.43. The molecule has 170 valence electrons. The van der Waals surface area contributed by atoms with E-state index >= 15 is 0 Å². The molecular formula is C26H40N4O. The first-order valence-electron chi connectivity index (χ1n) is 12.2. The number of nitrogens with one attached hydrogen (secondary N) is 2. The number of aromatic amines is 1. The Morgan fingerprint density at radius 3 is 2.10 bits per heavy atom. The average Bonchev–Trinajstić information content (AvgIpc) is 3.32. The second-order valence-corrected chi connectivity index (χ2v) is 8.29. The number of unbranched alkanes of at least 4 members (excludes halogenated alkanes) is 11. The first kappa shape index (κ1) is 24.8. The molecule has 5 heteroatoms. The van der Waals surface area contributed by atoms with Gasteiger partial charge in [0.05, 0.1) is 0 Å². The number of H-pyrrole nitrogens is 1. The van der Waals surface area contributed by atoms with E-state index in [1.165, 1.54) is 77.0 Å². The van der Waals surface area contributed by atoms with Crippen molar-refractivity contribution in [2.24, 2.45) is 0 Å². The van der Waals surface area contributed by atoms with Gasteiger partial charge < -0.3 is 5.32 Å². The van der Waals surface area contributed by atoms with Crippen molar-refractivity contribution < 1.29 is 4.79 Å². The van der Waals surface area contributed by atoms with Crippen molar-refractivity contribution in [1.29, 1.82) is 0 Å². The number of aromatic nitrogens is 3. The van der Waals surface area contributed by atoms with Gasteiger partial charge in [0.2, 0.25) is 5.91 Å². The van der Waals surface area contributed by atoms with Crippen LogP contribution in [0.2, 0.25) is 0 Å². The minimum absolute atomic E-state index is 0.0880. The lowest BCUT2D eigenvalue weighted by atomic mass is 10.1. The van der Waals surface area contributed by atoms with Crippen molar-refractivity contribution in [2.75, 3.05) is 5.32 Å². The smallest absolute Gasteiger partial charge is 0.224 e. The highest BCUT2D eigenvalue weighted by Crippen LogP contribution is 2.17. The Kier molecular flexibility index (Phi) is 13.0. The summed E-state index contributed by atoms with van der Waals surface area (Å²) in [5, 5.41) is 9.65. The quantitative estimate of drug-likeness (QED) is 0.205. The molecule has 2 aromatic rings. The summed E-state index contributed by atoms with van der Waals surface area (Å²) >= 11 is 0. The predicted molar refractivity (Wildman–Crippen MR) is 130 cm³/mol. The topological polar surface area (TPSA) is 70.7 Å². The van der Waals surface area contributed by atoms with Crippen molar-refractivity contribution in [2.45, 2.75) is 96.8 Å². The van der Waals surface area contributed by atoms with Gasteiger partial charge in [0.1, 0.15) is 6.33 Å². The standard InChI is InChI=1S/C26H40N4O/c1-2-3-4-5-6-7-8-9-10-11-12-13-14-15-16-17-25(31)29-24-20-18-23(19-21-24)26-27-22-28-30-26/h9-10,18-22H,2-8,11-17H2,1H3,(H,29,31)(H,27,28,30)/b10-9-. The first-order valence-corrected chi connectivity index (χ1v) is 12.2. The molecule has 1 aromatic heterocycles. The van der Waals surface area contributed by atoms with Gasteiger partial charge in [0.15, 0.2) is 5.82 Å². The predicted octanol–water partition coefficient (Wildman–Crippen LogP) is 7.45. The molecular weight excluding hydrogens is 384 g/mol. The van der Waals surface area contributed by atoms with Gasteiger partial charge in [0.25, 0.3) is 0 Å². The van der Waals surface area contributed by atoms with Gasteiger partial charge in [-0.3, -0.25) is 9.89 Å². The number of rotatable bonds is 17. The van der Waals surface area contributed by atoms with Crippen LogP contribution in [0.1, 0.15) is 96.8 Å². The number of benzene rings is 1. The fourth-order valence-corrected chi connectivity index (χ4v) is 3.64. The zero-order valence-corrected chi connectivity index (χ0v) is 19.2. The normalized spacial score (nSPS) is 11.3. The second kappa shape index (κ2) is 16.3. The highest BCUT2D eigenvalue weighted by atomic mass is 16.1. The van der Waals surface area contributed by atoms with E-state index in [4.69, 9.17) is 0 Å². The van der Waals surface area contributed by atoms with Crippen molar-refractivity contribution in [3.05, 3.63) is 42.7 Å². The van der Waals surface area contributed by atoms with Crippen molar-refractivity contribution in [1.82, 2.24) is 15.2 Å². The van der Waals surface area contributed by atoms with Crippen LogP contribution in [0.25, 0.3) is 11.4 Å². The summed E-state index contributed by atoms with van der Waals surface area (Å²) in [4.78, 5) is 16.2. The van der Waals surface area contributed by atoms with E-state index < -0.39 is 0 Å². The van der Waals surface area contributed by atoms with Crippen LogP contribution < -0.4 is 5.32 Å². The van der Waals surface area contributed by atoms with Gasteiger partial charge >= 0.3 is 0 Å². The van der Waals surface area contributed by atoms with Gasteiger partial charge in [-0.05, 0) is 56.4 Å². The number of carbonyl (C=O) groups is 1. The Bertz CT molecular complexity index is 722. The molecule has 31 heavy (non-hydrogen) atoms. The Morgan fingerprint density at radius 2 is 1.48 bits per heavy atom. The number of carbonyl (C=O) groups excluding carboxylic acids is 1. The van der Waals surface area contributed by atoms with E-state index in [-0.39, 0.29) is 5.91 Å². The van der Waals surface area contributed by atoms with Crippen LogP contribution in [-0.4, -0.2) is 21.1 Å². The van der Waals surface area contributed by atoms with Crippen LogP contribution >= 0.6 is 0 Å². The number of hydrogen-bond acceptors (Lipinski definition) is 3. The minimum Gasteiger partial charge on any atom is -0.326 e. The summed E-state index contributed by atoms with van der Waals surface area (Å²) in [6, 6.07) is 7.65. The molecule has 0 unspecified atom stereocenters. The monoisotopic (exact) mass is 424 g/mol. The van der Waals surface area contributed by atoms with Crippen molar-refractivity contribution in [3.63, 3.8) is 0 Å². The second-order valence-electron chi connectivity index (χ2n) is 8.29. The average molecular weight is 425 g/mol. The lowest BCUT2D eigenvalue weighted by Gasteiger charge is -2.06. The van der Waals surface area contributed by atoms with Gasteiger partial charge in [-0.25, -0.2) is 4.98 Å². The van der Waals surface area contributed by atoms with Gasteiger partial charge in [-0.15, -0.1) is 0 Å². The summed E-state index contributed by atoms with van der Waals surface area (Å²) in [5.74, 6) is 0.816. The third-order valence-electron chi connectivity index (χ3n) is 5.52. The molecule has 0 spiro atoms. The molecule has 0 aliphatic heterocycles. The first-order chi connectivity index (χ1) is 15.3. The third kappa shape index (κ3) is 11.5. The molecule has 0 atom stereocenters. The maximum atomic E-state index is 12.1. The highest BCUT2D eigenvalue weighted by molar-refractivity contribution is 5.90. The molecule has 0 aliphatic rings. The van der Waals surface area contributed by atoms with Crippen LogP contribution in [0.15, 0.2) is 42.7 Å². The molecule has 0 aliphatic carbocycles. The summed E-state index contributed by atoms with van der Waals surface area (Å²) < 4.78 is 0. The zero-order valence-electron chi connectivity index (χ0n) is 19.2. The SMILES string of the molecule is CCCCCCCC/C=C\CCCCCCCC(=O)Nc1ccc(-c2ncn[nH]2)cc1. The number of amides is 1. The van der Waals surface area contributed by atoms with Crippen LogP contribution in [0.3, 0.4) is 0 Å². The van der Waals surface area contributed by atoms with Crippen LogP contribution in [0.4, 0.5) is 5.69 Å². The van der Waals surface area contributed by atoms with Crippen LogP contribution in [0.5, 0.6) is 0 Å². The molecule has 1 aromatic carbocycles. The van der Waals surface area contributed by atoms with Crippen LogP contribution in [0, 0.1) is 0 Å². The largest absolute Gasteiger partial charge is 0.326 e. The molecule has 2 rings (SSSR count). The Morgan fingerprint density at radius 1 is 0.871 bits per heavy atom. The summed E-state index contributed by atoms with van der Waals surface area (Å²) in [5.41, 5.74) is 1.77. The van der Waals surface area contributed by atoms with Gasteiger partial charge in [-0.1, -0.05) is 70.4 Å². The fourth-order valence-electron chi connectivity index (χ4n) is 3.64. The van der Waals surface area contributed by atoms with E-state index in [9.17, 15) is 4.79 Å². The Labute approximate surface area is 188 Å². The third-order valence-corrected chi connectivity index (χ3v) is 5.52. The molecule has 0 saturated heterocycles. The molecule has 0 fully saturated rings. The number of allylic oxidation sites excluding steroid dienone is 2. The van der Waals surface area contributed by atoms with Gasteiger partial charge in [-0.2, -0.15) is 5.10 Å². The minimum atomic E-state index is 0.0880. The van der Waals surface area contributed by atoms with E-state index in [1.807, 2.05) is 24.3 Å². The summed E-state index contributed by atoms with van der Waals surface area (Å²) in [6.45, 7) is 2.27. The molecule has 1 amide bonds. The van der Waals surface area contributed by atoms with Gasteiger partial charge in [0, 0.05) is 17.7 Å². The van der Waals surface area contributed by atoms with E-state index in [0.29, 0.717) is 6.42 Å². The summed E-state index contributed by atoms with van der Waals surface area (Å²) in [6.07, 6.45) is 23.3. The van der Waals surface area contributed by atoms with E-state index in [2.05, 4.69) is 39.6 Å². The van der Waals surface area contributed by atoms with Crippen molar-refractivity contribution in [3.8, 4) is 11.4 Å². The lowest BCUT2D eigenvalue weighted by molar-refractivity contribution is -0.116. The maximum Gasteiger partial charge on any atom is 0.224 e. The molecule has 0 saturated carbocycles. The molecule has 1 heterocycles. The zero-order chi connectivity index (χ0) is 22.0. The van der Waals surface area contributed by atoms with Crippen molar-refractivity contribution >= 4 is 11.6 Å². The number of anilines is 1. The summed E-state index contributed by atoms with van der Waals surface area (Å²) in [7, 11) is 0. The molecule has 5 nitrogen and oxygen atoms in total. The van der Waals surface area contributed by atoms with E-state index in [0.717, 1.165) is 29.9 Å². The highest BCUT2D eigenvalue weighted by Gasteiger charge is 2.04. The number of nitrogens with zero attached hydrogens (tertiary/aromatic N) is 2. The lowest BCUT2D eigenvalue weighted by Crippen LogP contribution is -2.10. The van der Waals surface area contributed by atoms with E-state index in [1.54, 1.807) is 0 Å². The molecule has 2 N–H and O–H groups in total.